The second-order valence-electron chi connectivity index (χ2n) is 6.12. The van der Waals surface area contributed by atoms with Crippen molar-refractivity contribution in [3.05, 3.63) is 35.1 Å². The van der Waals surface area contributed by atoms with Crippen molar-refractivity contribution in [1.29, 1.82) is 0 Å². The van der Waals surface area contributed by atoms with Gasteiger partial charge in [-0.25, -0.2) is 4.39 Å². The summed E-state index contributed by atoms with van der Waals surface area (Å²) in [5.74, 6) is -0.517. The second kappa shape index (κ2) is 4.62. The predicted molar refractivity (Wildman–Crippen MR) is 72.6 cm³/mol. The maximum Gasteiger partial charge on any atom is 0.257 e. The fourth-order valence-corrected chi connectivity index (χ4v) is 3.70. The van der Waals surface area contributed by atoms with E-state index in [1.165, 1.54) is 31.7 Å². The van der Waals surface area contributed by atoms with Crippen molar-refractivity contribution in [3.63, 3.8) is 0 Å². The largest absolute Gasteiger partial charge is 0.338 e. The SMILES string of the molecule is Cc1cccc(F)c1C(=O)N1CCC2(CCCC2)C1. The van der Waals surface area contributed by atoms with E-state index in [1.807, 2.05) is 4.90 Å². The molecule has 0 bridgehead atoms. The topological polar surface area (TPSA) is 20.3 Å². The molecule has 0 radical (unpaired) electrons. The maximum absolute atomic E-state index is 13.9. The first-order valence-corrected chi connectivity index (χ1v) is 7.16. The zero-order valence-electron chi connectivity index (χ0n) is 11.4. The minimum atomic E-state index is -0.391. The third-order valence-electron chi connectivity index (χ3n) is 4.83. The van der Waals surface area contributed by atoms with Gasteiger partial charge < -0.3 is 4.90 Å². The Labute approximate surface area is 113 Å². The van der Waals surface area contributed by atoms with Crippen molar-refractivity contribution in [3.8, 4) is 0 Å². The monoisotopic (exact) mass is 261 g/mol. The van der Waals surface area contributed by atoms with Gasteiger partial charge in [-0.15, -0.1) is 0 Å². The van der Waals surface area contributed by atoms with Gasteiger partial charge in [0.05, 0.1) is 5.56 Å². The van der Waals surface area contributed by atoms with Crippen LogP contribution < -0.4 is 0 Å². The lowest BCUT2D eigenvalue weighted by molar-refractivity contribution is 0.0768. The van der Waals surface area contributed by atoms with Gasteiger partial charge in [0.1, 0.15) is 5.82 Å². The molecule has 3 rings (SSSR count). The number of nitrogens with zero attached hydrogens (tertiary/aromatic N) is 1. The van der Waals surface area contributed by atoms with Gasteiger partial charge in [-0.1, -0.05) is 25.0 Å². The molecule has 1 aromatic rings. The van der Waals surface area contributed by atoms with Crippen LogP contribution in [0.3, 0.4) is 0 Å². The normalized spacial score (nSPS) is 21.3. The summed E-state index contributed by atoms with van der Waals surface area (Å²) in [6, 6.07) is 4.84. The first-order chi connectivity index (χ1) is 9.11. The number of hydrogen-bond donors (Lipinski definition) is 0. The van der Waals surface area contributed by atoms with Gasteiger partial charge in [-0.05, 0) is 43.2 Å². The minimum absolute atomic E-state index is 0.126. The molecule has 0 aromatic heterocycles. The summed E-state index contributed by atoms with van der Waals surface area (Å²) in [5.41, 5.74) is 1.34. The van der Waals surface area contributed by atoms with Gasteiger partial charge >= 0.3 is 0 Å². The molecule has 1 spiro atoms. The number of halogens is 1. The zero-order valence-corrected chi connectivity index (χ0v) is 11.4. The van der Waals surface area contributed by atoms with E-state index in [1.54, 1.807) is 19.1 Å². The number of amides is 1. The molecule has 0 N–H and O–H groups in total. The minimum Gasteiger partial charge on any atom is -0.338 e. The van der Waals surface area contributed by atoms with Gasteiger partial charge in [-0.2, -0.15) is 0 Å². The quantitative estimate of drug-likeness (QED) is 0.757. The Morgan fingerprint density at radius 1 is 1.26 bits per heavy atom. The van der Waals surface area contributed by atoms with Gasteiger partial charge in [0.15, 0.2) is 0 Å². The van der Waals surface area contributed by atoms with Crippen LogP contribution >= 0.6 is 0 Å². The summed E-state index contributed by atoms with van der Waals surface area (Å²) in [5, 5.41) is 0. The predicted octanol–water partition coefficient (Wildman–Crippen LogP) is 3.54. The van der Waals surface area contributed by atoms with Gasteiger partial charge in [-0.3, -0.25) is 4.79 Å². The Balaban J connectivity index is 1.82. The molecule has 0 unspecified atom stereocenters. The average molecular weight is 261 g/mol. The van der Waals surface area contributed by atoms with E-state index in [0.717, 1.165) is 25.1 Å². The lowest BCUT2D eigenvalue weighted by atomic mass is 9.86. The molecule has 2 fully saturated rings. The van der Waals surface area contributed by atoms with Crippen LogP contribution in [0.4, 0.5) is 4.39 Å². The fraction of sp³-hybridized carbons (Fsp3) is 0.562. The first-order valence-electron chi connectivity index (χ1n) is 7.16. The number of aryl methyl sites for hydroxylation is 1. The highest BCUT2D eigenvalue weighted by Crippen LogP contribution is 2.45. The number of likely N-dealkylation sites (tertiary alicyclic amines) is 1. The van der Waals surface area contributed by atoms with Gasteiger partial charge in [0.25, 0.3) is 5.91 Å². The van der Waals surface area contributed by atoms with Crippen molar-refractivity contribution in [1.82, 2.24) is 4.90 Å². The molecular weight excluding hydrogens is 241 g/mol. The summed E-state index contributed by atoms with van der Waals surface area (Å²) >= 11 is 0. The first kappa shape index (κ1) is 12.6. The molecule has 1 amide bonds. The molecule has 1 heterocycles. The van der Waals surface area contributed by atoms with E-state index in [0.29, 0.717) is 5.41 Å². The van der Waals surface area contributed by atoms with E-state index >= 15 is 0 Å². The average Bonchev–Trinajstić information content (AvgIpc) is 3.00. The summed E-state index contributed by atoms with van der Waals surface area (Å²) in [4.78, 5) is 14.4. The molecule has 2 aliphatic rings. The molecule has 102 valence electrons. The third-order valence-corrected chi connectivity index (χ3v) is 4.83. The Bertz CT molecular complexity index is 485. The van der Waals surface area contributed by atoms with E-state index < -0.39 is 5.82 Å². The van der Waals surface area contributed by atoms with Crippen molar-refractivity contribution in [2.75, 3.05) is 13.1 Å². The lowest BCUT2D eigenvalue weighted by Crippen LogP contribution is -2.32. The zero-order chi connectivity index (χ0) is 13.5. The smallest absolute Gasteiger partial charge is 0.257 e. The summed E-state index contributed by atoms with van der Waals surface area (Å²) in [6.45, 7) is 3.41. The Morgan fingerprint density at radius 2 is 2.00 bits per heavy atom. The van der Waals surface area contributed by atoms with Crippen LogP contribution in [-0.2, 0) is 0 Å². The van der Waals surface area contributed by atoms with Crippen molar-refractivity contribution in [2.24, 2.45) is 5.41 Å². The van der Waals surface area contributed by atoms with Crippen LogP contribution in [0.25, 0.3) is 0 Å². The molecule has 1 aliphatic heterocycles. The molecule has 1 aliphatic carbocycles. The third kappa shape index (κ3) is 2.15. The summed E-state index contributed by atoms with van der Waals surface area (Å²) in [6.07, 6.45) is 6.10. The number of benzene rings is 1. The van der Waals surface area contributed by atoms with Gasteiger partial charge in [0.2, 0.25) is 0 Å². The van der Waals surface area contributed by atoms with Crippen LogP contribution in [0.15, 0.2) is 18.2 Å². The highest BCUT2D eigenvalue weighted by Gasteiger charge is 2.42. The standard InChI is InChI=1S/C16H20FNO/c1-12-5-4-6-13(17)14(12)15(19)18-10-9-16(11-18)7-2-3-8-16/h4-6H,2-3,7-11H2,1H3. The number of carbonyl (C=O) groups excluding carboxylic acids is 1. The highest BCUT2D eigenvalue weighted by molar-refractivity contribution is 5.96. The molecular formula is C16H20FNO. The van der Waals surface area contributed by atoms with Crippen molar-refractivity contribution >= 4 is 5.91 Å². The van der Waals surface area contributed by atoms with Gasteiger partial charge in [0, 0.05) is 13.1 Å². The van der Waals surface area contributed by atoms with Crippen LogP contribution in [0.5, 0.6) is 0 Å². The highest BCUT2D eigenvalue weighted by atomic mass is 19.1. The van der Waals surface area contributed by atoms with E-state index in [4.69, 9.17) is 0 Å². The van der Waals surface area contributed by atoms with E-state index in [-0.39, 0.29) is 11.5 Å². The Hall–Kier alpha value is -1.38. The number of hydrogen-bond acceptors (Lipinski definition) is 1. The number of carbonyl (C=O) groups is 1. The van der Waals surface area contributed by atoms with Crippen LogP contribution in [0, 0.1) is 18.2 Å². The van der Waals surface area contributed by atoms with Crippen molar-refractivity contribution < 1.29 is 9.18 Å². The second-order valence-corrected chi connectivity index (χ2v) is 6.12. The Kier molecular flexibility index (Phi) is 3.08. The maximum atomic E-state index is 13.9. The number of rotatable bonds is 1. The molecule has 1 aromatic carbocycles. The molecule has 1 saturated heterocycles. The molecule has 3 heteroatoms. The van der Waals surface area contributed by atoms with Crippen LogP contribution in [-0.4, -0.2) is 23.9 Å². The van der Waals surface area contributed by atoms with Crippen LogP contribution in [0.2, 0.25) is 0 Å². The summed E-state index contributed by atoms with van der Waals surface area (Å²) < 4.78 is 13.9. The fourth-order valence-electron chi connectivity index (χ4n) is 3.70. The van der Waals surface area contributed by atoms with E-state index in [2.05, 4.69) is 0 Å². The Morgan fingerprint density at radius 3 is 2.68 bits per heavy atom. The molecule has 2 nitrogen and oxygen atoms in total. The molecule has 1 saturated carbocycles. The lowest BCUT2D eigenvalue weighted by Gasteiger charge is -2.24. The molecule has 0 atom stereocenters. The van der Waals surface area contributed by atoms with Crippen molar-refractivity contribution in [2.45, 2.75) is 39.0 Å². The van der Waals surface area contributed by atoms with Crippen LogP contribution in [0.1, 0.15) is 48.0 Å². The summed E-state index contributed by atoms with van der Waals surface area (Å²) in [7, 11) is 0. The molecule has 19 heavy (non-hydrogen) atoms. The van der Waals surface area contributed by atoms with E-state index in [9.17, 15) is 9.18 Å².